The first-order valence-electron chi connectivity index (χ1n) is 6.15. The molecule has 1 atom stereocenters. The molecule has 0 aromatic carbocycles. The Kier molecular flexibility index (Phi) is 4.79. The SMILES string of the molecule is O=C(O)C1CCN(C(=O)CSCc2ccccn2)C1. The van der Waals surface area contributed by atoms with Crippen molar-refractivity contribution in [1.82, 2.24) is 9.88 Å². The highest BCUT2D eigenvalue weighted by Gasteiger charge is 2.30. The van der Waals surface area contributed by atoms with Gasteiger partial charge in [0.25, 0.3) is 0 Å². The van der Waals surface area contributed by atoms with Crippen molar-refractivity contribution < 1.29 is 14.7 Å². The largest absolute Gasteiger partial charge is 0.481 e. The number of aliphatic carboxylic acids is 1. The summed E-state index contributed by atoms with van der Waals surface area (Å²) in [6.07, 6.45) is 2.29. The zero-order valence-corrected chi connectivity index (χ0v) is 11.3. The molecule has 5 nitrogen and oxygen atoms in total. The van der Waals surface area contributed by atoms with E-state index in [-0.39, 0.29) is 5.91 Å². The zero-order valence-electron chi connectivity index (χ0n) is 10.5. The fourth-order valence-electron chi connectivity index (χ4n) is 2.01. The van der Waals surface area contributed by atoms with Crippen molar-refractivity contribution in [3.05, 3.63) is 30.1 Å². The van der Waals surface area contributed by atoms with Crippen LogP contribution in [0, 0.1) is 5.92 Å². The fourth-order valence-corrected chi connectivity index (χ4v) is 2.85. The molecule has 0 saturated carbocycles. The lowest BCUT2D eigenvalue weighted by atomic mass is 10.1. The van der Waals surface area contributed by atoms with E-state index in [9.17, 15) is 9.59 Å². The van der Waals surface area contributed by atoms with Crippen LogP contribution in [0.15, 0.2) is 24.4 Å². The highest BCUT2D eigenvalue weighted by Crippen LogP contribution is 2.18. The van der Waals surface area contributed by atoms with E-state index in [0.29, 0.717) is 31.0 Å². The van der Waals surface area contributed by atoms with Crippen molar-refractivity contribution in [2.24, 2.45) is 5.92 Å². The van der Waals surface area contributed by atoms with Gasteiger partial charge in [-0.25, -0.2) is 0 Å². The molecule has 1 fully saturated rings. The van der Waals surface area contributed by atoms with Gasteiger partial charge in [0, 0.05) is 25.0 Å². The molecular weight excluding hydrogens is 264 g/mol. The Morgan fingerprint density at radius 1 is 1.47 bits per heavy atom. The van der Waals surface area contributed by atoms with Crippen molar-refractivity contribution in [2.45, 2.75) is 12.2 Å². The molecule has 1 aromatic rings. The van der Waals surface area contributed by atoms with Crippen molar-refractivity contribution in [1.29, 1.82) is 0 Å². The maximum atomic E-state index is 11.9. The van der Waals surface area contributed by atoms with Gasteiger partial charge >= 0.3 is 5.97 Å². The van der Waals surface area contributed by atoms with Crippen molar-refractivity contribution in [2.75, 3.05) is 18.8 Å². The van der Waals surface area contributed by atoms with Crippen LogP contribution in [0.2, 0.25) is 0 Å². The lowest BCUT2D eigenvalue weighted by molar-refractivity contribution is -0.141. The molecule has 0 spiro atoms. The smallest absolute Gasteiger partial charge is 0.308 e. The summed E-state index contributed by atoms with van der Waals surface area (Å²) in [5, 5.41) is 8.89. The minimum atomic E-state index is -0.809. The third-order valence-corrected chi connectivity index (χ3v) is 4.04. The fraction of sp³-hybridized carbons (Fsp3) is 0.462. The number of carbonyl (C=O) groups is 2. The summed E-state index contributed by atoms with van der Waals surface area (Å²) in [6.45, 7) is 0.901. The minimum absolute atomic E-state index is 0.0182. The highest BCUT2D eigenvalue weighted by molar-refractivity contribution is 7.99. The molecule has 1 aliphatic rings. The molecule has 102 valence electrons. The van der Waals surface area contributed by atoms with Gasteiger partial charge in [-0.05, 0) is 18.6 Å². The number of aromatic nitrogens is 1. The summed E-state index contributed by atoms with van der Waals surface area (Å²) in [6, 6.07) is 5.70. The van der Waals surface area contributed by atoms with Gasteiger partial charge in [0.2, 0.25) is 5.91 Å². The third kappa shape index (κ3) is 3.96. The number of thioether (sulfide) groups is 1. The summed E-state index contributed by atoms with van der Waals surface area (Å²) < 4.78 is 0. The predicted octanol–water partition coefficient (Wildman–Crippen LogP) is 1.25. The molecule has 1 amide bonds. The first-order chi connectivity index (χ1) is 9.16. The molecule has 19 heavy (non-hydrogen) atoms. The van der Waals surface area contributed by atoms with E-state index in [2.05, 4.69) is 4.98 Å². The van der Waals surface area contributed by atoms with Crippen LogP contribution in [0.25, 0.3) is 0 Å². The summed E-state index contributed by atoms with van der Waals surface area (Å²) >= 11 is 1.51. The first kappa shape index (κ1) is 13.9. The number of carbonyl (C=O) groups excluding carboxylic acids is 1. The number of amides is 1. The molecule has 1 N–H and O–H groups in total. The van der Waals surface area contributed by atoms with E-state index < -0.39 is 11.9 Å². The second kappa shape index (κ2) is 6.56. The maximum Gasteiger partial charge on any atom is 0.308 e. The highest BCUT2D eigenvalue weighted by atomic mass is 32.2. The maximum absolute atomic E-state index is 11.9. The van der Waals surface area contributed by atoms with E-state index in [4.69, 9.17) is 5.11 Å². The summed E-state index contributed by atoms with van der Waals surface area (Å²) in [5.74, 6) is -0.114. The van der Waals surface area contributed by atoms with Gasteiger partial charge < -0.3 is 10.0 Å². The van der Waals surface area contributed by atoms with E-state index in [0.717, 1.165) is 5.69 Å². The Morgan fingerprint density at radius 2 is 2.32 bits per heavy atom. The van der Waals surface area contributed by atoms with Crippen molar-refractivity contribution >= 4 is 23.6 Å². The zero-order chi connectivity index (χ0) is 13.7. The van der Waals surface area contributed by atoms with Gasteiger partial charge in [-0.1, -0.05) is 6.07 Å². The van der Waals surface area contributed by atoms with Crippen LogP contribution in [0.1, 0.15) is 12.1 Å². The number of carboxylic acids is 1. The van der Waals surface area contributed by atoms with Crippen LogP contribution in [0.5, 0.6) is 0 Å². The third-order valence-electron chi connectivity index (χ3n) is 3.09. The normalized spacial score (nSPS) is 18.5. The molecule has 1 saturated heterocycles. The average molecular weight is 280 g/mol. The Morgan fingerprint density at radius 3 is 2.95 bits per heavy atom. The summed E-state index contributed by atoms with van der Waals surface area (Å²) in [5.41, 5.74) is 0.949. The Hall–Kier alpha value is -1.56. The van der Waals surface area contributed by atoms with Gasteiger partial charge in [0.1, 0.15) is 0 Å². The van der Waals surface area contributed by atoms with E-state index in [1.807, 2.05) is 18.2 Å². The molecule has 0 aliphatic carbocycles. The van der Waals surface area contributed by atoms with Gasteiger partial charge in [0.15, 0.2) is 0 Å². The lowest BCUT2D eigenvalue weighted by Gasteiger charge is -2.15. The van der Waals surface area contributed by atoms with Crippen LogP contribution >= 0.6 is 11.8 Å². The van der Waals surface area contributed by atoms with Crippen LogP contribution in [0.4, 0.5) is 0 Å². The molecule has 2 rings (SSSR count). The first-order valence-corrected chi connectivity index (χ1v) is 7.30. The average Bonchev–Trinajstić information content (AvgIpc) is 2.89. The second-order valence-corrected chi connectivity index (χ2v) is 5.46. The predicted molar refractivity (Wildman–Crippen MR) is 72.7 cm³/mol. The van der Waals surface area contributed by atoms with E-state index in [1.54, 1.807) is 11.1 Å². The number of nitrogens with zero attached hydrogens (tertiary/aromatic N) is 2. The van der Waals surface area contributed by atoms with Crippen LogP contribution in [-0.4, -0.2) is 45.7 Å². The molecule has 0 bridgehead atoms. The number of hydrogen-bond donors (Lipinski definition) is 1. The van der Waals surface area contributed by atoms with Gasteiger partial charge in [0.05, 0.1) is 17.4 Å². The molecule has 6 heteroatoms. The number of likely N-dealkylation sites (tertiary alicyclic amines) is 1. The minimum Gasteiger partial charge on any atom is -0.481 e. The summed E-state index contributed by atoms with van der Waals surface area (Å²) in [4.78, 5) is 28.5. The van der Waals surface area contributed by atoms with Gasteiger partial charge in [-0.2, -0.15) is 0 Å². The number of rotatable bonds is 5. The van der Waals surface area contributed by atoms with E-state index in [1.165, 1.54) is 11.8 Å². The van der Waals surface area contributed by atoms with Crippen molar-refractivity contribution in [3.8, 4) is 0 Å². The van der Waals surface area contributed by atoms with Crippen LogP contribution in [0.3, 0.4) is 0 Å². The second-order valence-electron chi connectivity index (χ2n) is 4.48. The van der Waals surface area contributed by atoms with Crippen LogP contribution < -0.4 is 0 Å². The number of hydrogen-bond acceptors (Lipinski definition) is 4. The van der Waals surface area contributed by atoms with Crippen LogP contribution in [-0.2, 0) is 15.3 Å². The van der Waals surface area contributed by atoms with Gasteiger partial charge in [-0.15, -0.1) is 11.8 Å². The quantitative estimate of drug-likeness (QED) is 0.879. The number of pyridine rings is 1. The molecule has 1 aliphatic heterocycles. The molecule has 0 radical (unpaired) electrons. The standard InChI is InChI=1S/C13H16N2O3S/c16-12(15-6-4-10(7-15)13(17)18)9-19-8-11-3-1-2-5-14-11/h1-3,5,10H,4,6-9H2,(H,17,18). The molecule has 1 aromatic heterocycles. The molecular formula is C13H16N2O3S. The van der Waals surface area contributed by atoms with E-state index >= 15 is 0 Å². The lowest BCUT2D eigenvalue weighted by Crippen LogP contribution is -2.31. The Bertz CT molecular complexity index is 452. The Balaban J connectivity index is 1.72. The topological polar surface area (TPSA) is 70.5 Å². The van der Waals surface area contributed by atoms with Gasteiger partial charge in [-0.3, -0.25) is 14.6 Å². The van der Waals surface area contributed by atoms with Crippen molar-refractivity contribution in [3.63, 3.8) is 0 Å². The summed E-state index contributed by atoms with van der Waals surface area (Å²) in [7, 11) is 0. The monoisotopic (exact) mass is 280 g/mol. The molecule has 2 heterocycles. The number of carboxylic acid groups (broad SMARTS) is 1. The molecule has 1 unspecified atom stereocenters. The Labute approximate surface area is 116 Å².